The summed E-state index contributed by atoms with van der Waals surface area (Å²) in [5, 5.41) is 9.91. The highest BCUT2D eigenvalue weighted by atomic mass is 32.2. The van der Waals surface area contributed by atoms with Crippen LogP contribution in [0, 0.1) is 5.92 Å². The molecule has 3 aromatic rings. The first kappa shape index (κ1) is 22.9. The second kappa shape index (κ2) is 9.47. The minimum Gasteiger partial charge on any atom is -0.481 e. The number of fused-ring (bicyclic) bond motifs is 4. The van der Waals surface area contributed by atoms with Crippen LogP contribution in [0.5, 0.6) is 5.88 Å². The third kappa shape index (κ3) is 4.28. The van der Waals surface area contributed by atoms with E-state index in [1.165, 1.54) is 11.8 Å². The fourth-order valence-electron chi connectivity index (χ4n) is 4.93. The summed E-state index contributed by atoms with van der Waals surface area (Å²) in [4.78, 5) is 36.2. The Morgan fingerprint density at radius 1 is 1.22 bits per heavy atom. The molecule has 2 aromatic heterocycles. The van der Waals surface area contributed by atoms with Crippen LogP contribution in [0.25, 0.3) is 11.0 Å². The van der Waals surface area contributed by atoms with Crippen molar-refractivity contribution in [2.75, 3.05) is 54.6 Å². The second-order valence-corrected chi connectivity index (χ2v) is 10.1. The standard InChI is InChI=1S/C25H26N6O4S/c1-34-23-5-3-18-24(30-23)17-6-14(9-27-20(17)11-28-18)8-26-10-16-12-35-25(33)31(16)15-2-4-21-19(7-15)29-22(32)13-36-21/h2-5,7,11,14,16,26-27H,6,8-10,12-13H2,1H3,(H,29,32)/t14-,16+/m1/s1. The zero-order valence-corrected chi connectivity index (χ0v) is 20.6. The molecule has 0 saturated carbocycles. The molecule has 5 heterocycles. The molecule has 0 unspecified atom stereocenters. The average Bonchev–Trinajstić information content (AvgIpc) is 3.27. The molecule has 2 amide bonds. The van der Waals surface area contributed by atoms with Crippen molar-refractivity contribution in [3.05, 3.63) is 42.1 Å². The fraction of sp³-hybridized carbons (Fsp3) is 0.360. The molecule has 1 aromatic carbocycles. The van der Waals surface area contributed by atoms with Crippen molar-refractivity contribution < 1.29 is 19.1 Å². The van der Waals surface area contributed by atoms with E-state index in [-0.39, 0.29) is 18.0 Å². The monoisotopic (exact) mass is 506 g/mol. The molecule has 186 valence electrons. The van der Waals surface area contributed by atoms with Gasteiger partial charge >= 0.3 is 6.09 Å². The number of ether oxygens (including phenoxy) is 2. The summed E-state index contributed by atoms with van der Waals surface area (Å²) in [6.07, 6.45) is 2.36. The second-order valence-electron chi connectivity index (χ2n) is 9.10. The lowest BCUT2D eigenvalue weighted by Gasteiger charge is -2.28. The molecule has 36 heavy (non-hydrogen) atoms. The van der Waals surface area contributed by atoms with Crippen molar-refractivity contribution in [3.63, 3.8) is 0 Å². The Labute approximate surface area is 212 Å². The number of thioether (sulfide) groups is 1. The van der Waals surface area contributed by atoms with Gasteiger partial charge in [-0.15, -0.1) is 11.8 Å². The summed E-state index contributed by atoms with van der Waals surface area (Å²) in [6.45, 7) is 2.51. The molecular weight excluding hydrogens is 480 g/mol. The van der Waals surface area contributed by atoms with Gasteiger partial charge in [-0.3, -0.25) is 14.7 Å². The number of methoxy groups -OCH3 is 1. The van der Waals surface area contributed by atoms with E-state index < -0.39 is 0 Å². The van der Waals surface area contributed by atoms with Gasteiger partial charge in [0.1, 0.15) is 6.61 Å². The smallest absolute Gasteiger partial charge is 0.414 e. The van der Waals surface area contributed by atoms with Crippen LogP contribution >= 0.6 is 11.8 Å². The van der Waals surface area contributed by atoms with Crippen LogP contribution in [0.3, 0.4) is 0 Å². The van der Waals surface area contributed by atoms with E-state index in [1.54, 1.807) is 12.0 Å². The van der Waals surface area contributed by atoms with Crippen LogP contribution in [0.15, 0.2) is 41.4 Å². The van der Waals surface area contributed by atoms with Gasteiger partial charge in [0.25, 0.3) is 0 Å². The summed E-state index contributed by atoms with van der Waals surface area (Å²) < 4.78 is 10.7. The minimum absolute atomic E-state index is 0.0354. The van der Waals surface area contributed by atoms with Crippen LogP contribution < -0.4 is 25.6 Å². The lowest BCUT2D eigenvalue weighted by atomic mass is 9.93. The Hall–Kier alpha value is -3.57. The SMILES string of the molecule is COc1ccc2ncc3c(c2n1)C[C@H](CNC[C@H]1COC(=O)N1c1ccc2c(c1)NC(=O)CS2)CN3. The number of nitrogens with one attached hydrogen (secondary N) is 3. The normalized spacial score (nSPS) is 20.9. The van der Waals surface area contributed by atoms with E-state index in [2.05, 4.69) is 25.9 Å². The van der Waals surface area contributed by atoms with Crippen molar-refractivity contribution in [1.82, 2.24) is 15.3 Å². The highest BCUT2D eigenvalue weighted by Crippen LogP contribution is 2.36. The quantitative estimate of drug-likeness (QED) is 0.464. The number of carbonyl (C=O) groups excluding carboxylic acids is 2. The van der Waals surface area contributed by atoms with Crippen LogP contribution in [0.2, 0.25) is 0 Å². The van der Waals surface area contributed by atoms with Crippen LogP contribution in [-0.4, -0.2) is 67.1 Å². The molecule has 1 saturated heterocycles. The first-order valence-electron chi connectivity index (χ1n) is 11.9. The lowest BCUT2D eigenvalue weighted by molar-refractivity contribution is -0.113. The van der Waals surface area contributed by atoms with Gasteiger partial charge in [-0.05, 0) is 36.6 Å². The van der Waals surface area contributed by atoms with Gasteiger partial charge in [0.2, 0.25) is 11.8 Å². The van der Waals surface area contributed by atoms with Crippen LogP contribution in [-0.2, 0) is 16.0 Å². The van der Waals surface area contributed by atoms with E-state index in [4.69, 9.17) is 9.47 Å². The fourth-order valence-corrected chi connectivity index (χ4v) is 5.72. The number of carbonyl (C=O) groups is 2. The number of cyclic esters (lactones) is 1. The van der Waals surface area contributed by atoms with Gasteiger partial charge in [0.05, 0.1) is 47.5 Å². The van der Waals surface area contributed by atoms with Crippen molar-refractivity contribution in [3.8, 4) is 5.88 Å². The largest absolute Gasteiger partial charge is 0.481 e. The van der Waals surface area contributed by atoms with E-state index in [0.717, 1.165) is 58.1 Å². The predicted molar refractivity (Wildman–Crippen MR) is 138 cm³/mol. The van der Waals surface area contributed by atoms with Gasteiger partial charge in [-0.2, -0.15) is 0 Å². The topological polar surface area (TPSA) is 118 Å². The molecular formula is C25H26N6O4S. The molecule has 0 aliphatic carbocycles. The predicted octanol–water partition coefficient (Wildman–Crippen LogP) is 2.88. The van der Waals surface area contributed by atoms with Crippen molar-refractivity contribution in [2.24, 2.45) is 5.92 Å². The van der Waals surface area contributed by atoms with E-state index in [0.29, 0.717) is 30.7 Å². The molecule has 0 bridgehead atoms. The minimum atomic E-state index is -0.371. The van der Waals surface area contributed by atoms with Gasteiger partial charge < -0.3 is 25.4 Å². The highest BCUT2D eigenvalue weighted by Gasteiger charge is 2.35. The molecule has 3 aliphatic heterocycles. The zero-order valence-electron chi connectivity index (χ0n) is 19.7. The number of nitrogens with zero attached hydrogens (tertiary/aromatic N) is 3. The summed E-state index contributed by atoms with van der Waals surface area (Å²) >= 11 is 1.50. The Bertz CT molecular complexity index is 1350. The highest BCUT2D eigenvalue weighted by molar-refractivity contribution is 8.00. The molecule has 6 rings (SSSR count). The summed E-state index contributed by atoms with van der Waals surface area (Å²) in [6, 6.07) is 9.32. The molecule has 11 heteroatoms. The maximum atomic E-state index is 12.5. The van der Waals surface area contributed by atoms with E-state index in [9.17, 15) is 9.59 Å². The van der Waals surface area contributed by atoms with Gasteiger partial charge in [0.15, 0.2) is 0 Å². The molecule has 2 atom stereocenters. The Kier molecular flexibility index (Phi) is 6.02. The molecule has 3 aliphatic rings. The Morgan fingerprint density at radius 2 is 2.14 bits per heavy atom. The molecule has 0 spiro atoms. The van der Waals surface area contributed by atoms with E-state index >= 15 is 0 Å². The number of hydrogen-bond donors (Lipinski definition) is 3. The summed E-state index contributed by atoms with van der Waals surface area (Å²) in [5.74, 6) is 1.29. The zero-order chi connectivity index (χ0) is 24.6. The van der Waals surface area contributed by atoms with E-state index in [1.807, 2.05) is 36.5 Å². The van der Waals surface area contributed by atoms with Gasteiger partial charge in [-0.1, -0.05) is 0 Å². The maximum Gasteiger partial charge on any atom is 0.414 e. The number of rotatable bonds is 6. The first-order chi connectivity index (χ1) is 17.6. The number of hydrogen-bond acceptors (Lipinski definition) is 9. The van der Waals surface area contributed by atoms with Crippen LogP contribution in [0.4, 0.5) is 21.9 Å². The molecule has 3 N–H and O–H groups in total. The van der Waals surface area contributed by atoms with Crippen LogP contribution in [0.1, 0.15) is 5.56 Å². The average molecular weight is 507 g/mol. The number of amides is 2. The van der Waals surface area contributed by atoms with Gasteiger partial charge in [0, 0.05) is 41.8 Å². The van der Waals surface area contributed by atoms with Crippen molar-refractivity contribution in [2.45, 2.75) is 17.4 Å². The summed E-state index contributed by atoms with van der Waals surface area (Å²) in [5.41, 5.74) is 5.33. The molecule has 1 fully saturated rings. The first-order valence-corrected chi connectivity index (χ1v) is 12.9. The number of pyridine rings is 2. The number of benzene rings is 1. The van der Waals surface area contributed by atoms with Crippen molar-refractivity contribution >= 4 is 51.9 Å². The third-order valence-electron chi connectivity index (χ3n) is 6.72. The van der Waals surface area contributed by atoms with Crippen molar-refractivity contribution in [1.29, 1.82) is 0 Å². The summed E-state index contributed by atoms with van der Waals surface area (Å²) in [7, 11) is 1.61. The number of aromatic nitrogens is 2. The molecule has 10 nitrogen and oxygen atoms in total. The molecule has 0 radical (unpaired) electrons. The Morgan fingerprint density at radius 3 is 3.03 bits per heavy atom. The number of anilines is 3. The maximum absolute atomic E-state index is 12.5. The van der Waals surface area contributed by atoms with Gasteiger partial charge in [-0.25, -0.2) is 9.78 Å². The lowest BCUT2D eigenvalue weighted by Crippen LogP contribution is -2.43. The third-order valence-corrected chi connectivity index (χ3v) is 7.80. The Balaban J connectivity index is 1.12.